The van der Waals surface area contributed by atoms with E-state index in [0.29, 0.717) is 12.1 Å². The van der Waals surface area contributed by atoms with Crippen molar-refractivity contribution in [3.63, 3.8) is 0 Å². The summed E-state index contributed by atoms with van der Waals surface area (Å²) in [6, 6.07) is 5.91. The first-order valence-electron chi connectivity index (χ1n) is 3.20. The van der Waals surface area contributed by atoms with Crippen molar-refractivity contribution in [2.24, 2.45) is 0 Å². The maximum absolute atomic E-state index is 10.4. The molecule has 5 heteroatoms. The van der Waals surface area contributed by atoms with Crippen LogP contribution in [0.15, 0.2) is 24.3 Å². The van der Waals surface area contributed by atoms with Crippen LogP contribution >= 0.6 is 0 Å². The fraction of sp³-hybridized carbons (Fsp3) is 0. The van der Waals surface area contributed by atoms with Gasteiger partial charge in [0, 0.05) is 5.69 Å². The molecular formula is C7H7N2O3-. The molecule has 0 unspecified atom stereocenters. The predicted molar refractivity (Wildman–Crippen MR) is 43.8 cm³/mol. The minimum absolute atomic E-state index is 0.0712. The van der Waals surface area contributed by atoms with Gasteiger partial charge in [0.2, 0.25) is 6.41 Å². The van der Waals surface area contributed by atoms with E-state index in [2.05, 4.69) is 5.32 Å². The number of nitrogens with one attached hydrogen (secondary N) is 1. The summed E-state index contributed by atoms with van der Waals surface area (Å²) in [7, 11) is 0. The molecule has 0 aromatic heterocycles. The Labute approximate surface area is 68.8 Å². The van der Waals surface area contributed by atoms with Crippen LogP contribution in [0.2, 0.25) is 0 Å². The minimum Gasteiger partial charge on any atom is -0.733 e. The van der Waals surface area contributed by atoms with Crippen molar-refractivity contribution >= 4 is 17.8 Å². The van der Waals surface area contributed by atoms with Gasteiger partial charge in [0.1, 0.15) is 0 Å². The number of carbonyl (C=O) groups excluding carboxylic acids is 1. The van der Waals surface area contributed by atoms with E-state index < -0.39 is 0 Å². The second kappa shape index (κ2) is 3.70. The van der Waals surface area contributed by atoms with E-state index in [-0.39, 0.29) is 10.9 Å². The maximum Gasteiger partial charge on any atom is 0.211 e. The second-order valence-electron chi connectivity index (χ2n) is 2.09. The first-order chi connectivity index (χ1) is 5.74. The summed E-state index contributed by atoms with van der Waals surface area (Å²) in [5.41, 5.74) is 0.527. The molecule has 0 atom stereocenters. The van der Waals surface area contributed by atoms with Crippen molar-refractivity contribution in [3.05, 3.63) is 29.5 Å². The van der Waals surface area contributed by atoms with Crippen LogP contribution < -0.4 is 10.5 Å². The molecule has 0 bridgehead atoms. The molecule has 0 radical (unpaired) electrons. The summed E-state index contributed by atoms with van der Waals surface area (Å²) in [6.45, 7) is 0. The van der Waals surface area contributed by atoms with Crippen LogP contribution in [0.1, 0.15) is 0 Å². The summed E-state index contributed by atoms with van der Waals surface area (Å²) in [6.07, 6.45) is 0.492. The Morgan fingerprint density at radius 3 is 2.92 bits per heavy atom. The van der Waals surface area contributed by atoms with E-state index in [1.807, 2.05) is 0 Å². The highest BCUT2D eigenvalue weighted by molar-refractivity contribution is 5.73. The van der Waals surface area contributed by atoms with Crippen LogP contribution in [0, 0.1) is 5.21 Å². The molecule has 0 aliphatic rings. The molecule has 1 amide bonds. The third-order valence-electron chi connectivity index (χ3n) is 1.29. The van der Waals surface area contributed by atoms with Crippen molar-refractivity contribution < 1.29 is 10.0 Å². The molecule has 64 valence electrons. The highest BCUT2D eigenvalue weighted by Gasteiger charge is 1.93. The van der Waals surface area contributed by atoms with Gasteiger partial charge in [-0.25, -0.2) is 0 Å². The number of nitrogens with zero attached hydrogens (tertiary/aromatic N) is 1. The monoisotopic (exact) mass is 167 g/mol. The third kappa shape index (κ3) is 1.94. The van der Waals surface area contributed by atoms with Gasteiger partial charge in [-0.3, -0.25) is 10.0 Å². The SMILES string of the molecule is O=CNc1cccc(N([O-])O)c1. The van der Waals surface area contributed by atoms with E-state index in [1.165, 1.54) is 12.1 Å². The number of amides is 1. The molecule has 1 aromatic carbocycles. The zero-order valence-corrected chi connectivity index (χ0v) is 6.10. The summed E-state index contributed by atoms with van der Waals surface area (Å²) in [4.78, 5) is 9.99. The Morgan fingerprint density at radius 2 is 2.33 bits per heavy atom. The van der Waals surface area contributed by atoms with Crippen LogP contribution in [0.3, 0.4) is 0 Å². The molecule has 0 saturated heterocycles. The fourth-order valence-electron chi connectivity index (χ4n) is 0.783. The molecule has 2 N–H and O–H groups in total. The Hall–Kier alpha value is -1.59. The average molecular weight is 167 g/mol. The molecule has 0 fully saturated rings. The smallest absolute Gasteiger partial charge is 0.211 e. The Balaban J connectivity index is 2.87. The van der Waals surface area contributed by atoms with E-state index in [0.717, 1.165) is 0 Å². The van der Waals surface area contributed by atoms with Crippen LogP contribution in [0.4, 0.5) is 11.4 Å². The zero-order chi connectivity index (χ0) is 8.97. The van der Waals surface area contributed by atoms with Crippen molar-refractivity contribution in [2.75, 3.05) is 10.5 Å². The standard InChI is InChI=1S/C7H7N2O3/c10-5-8-6-2-1-3-7(4-6)9(11)12/h1-5,11H,(H,8,10)/q-1. The van der Waals surface area contributed by atoms with E-state index in [4.69, 9.17) is 5.21 Å². The van der Waals surface area contributed by atoms with Crippen molar-refractivity contribution in [3.8, 4) is 0 Å². The molecule has 1 rings (SSSR count). The number of anilines is 2. The Morgan fingerprint density at radius 1 is 1.58 bits per heavy atom. The van der Waals surface area contributed by atoms with Gasteiger partial charge >= 0.3 is 0 Å². The van der Waals surface area contributed by atoms with E-state index >= 15 is 0 Å². The normalized spacial score (nSPS) is 9.17. The number of benzene rings is 1. The summed E-state index contributed by atoms with van der Waals surface area (Å²) in [5, 5.41) is 20.9. The van der Waals surface area contributed by atoms with Gasteiger partial charge in [0.15, 0.2) is 0 Å². The van der Waals surface area contributed by atoms with Crippen LogP contribution in [0.5, 0.6) is 0 Å². The first kappa shape index (κ1) is 8.51. The molecule has 0 spiro atoms. The lowest BCUT2D eigenvalue weighted by molar-refractivity contribution is -0.105. The van der Waals surface area contributed by atoms with Crippen LogP contribution in [-0.4, -0.2) is 11.6 Å². The second-order valence-corrected chi connectivity index (χ2v) is 2.09. The molecule has 0 saturated carbocycles. The summed E-state index contributed by atoms with van der Waals surface area (Å²) < 4.78 is 0. The topological polar surface area (TPSA) is 75.6 Å². The fourth-order valence-corrected chi connectivity index (χ4v) is 0.783. The largest absolute Gasteiger partial charge is 0.733 e. The lowest BCUT2D eigenvalue weighted by Gasteiger charge is -2.21. The molecule has 12 heavy (non-hydrogen) atoms. The van der Waals surface area contributed by atoms with Crippen molar-refractivity contribution in [1.82, 2.24) is 0 Å². The van der Waals surface area contributed by atoms with Crippen LogP contribution in [-0.2, 0) is 4.79 Å². The molecule has 5 nitrogen and oxygen atoms in total. The highest BCUT2D eigenvalue weighted by Crippen LogP contribution is 2.16. The minimum atomic E-state index is -0.268. The molecule has 0 aliphatic heterocycles. The van der Waals surface area contributed by atoms with Gasteiger partial charge in [-0.05, 0) is 18.2 Å². The molecule has 0 heterocycles. The first-order valence-corrected chi connectivity index (χ1v) is 3.20. The third-order valence-corrected chi connectivity index (χ3v) is 1.29. The number of hydrogen-bond acceptors (Lipinski definition) is 4. The Kier molecular flexibility index (Phi) is 2.62. The summed E-state index contributed by atoms with van der Waals surface area (Å²) in [5.74, 6) is 0. The molecular weight excluding hydrogens is 160 g/mol. The van der Waals surface area contributed by atoms with E-state index in [9.17, 15) is 10.0 Å². The van der Waals surface area contributed by atoms with Gasteiger partial charge < -0.3 is 15.8 Å². The lowest BCUT2D eigenvalue weighted by Crippen LogP contribution is -2.07. The Bertz CT molecular complexity index is 275. The number of rotatable bonds is 3. The van der Waals surface area contributed by atoms with Gasteiger partial charge in [-0.15, -0.1) is 0 Å². The molecule has 0 aliphatic carbocycles. The predicted octanol–water partition coefficient (Wildman–Crippen LogP) is 0.948. The quantitative estimate of drug-likeness (QED) is 0.519. The van der Waals surface area contributed by atoms with Gasteiger partial charge in [0.05, 0.1) is 5.69 Å². The van der Waals surface area contributed by atoms with Gasteiger partial charge in [0.25, 0.3) is 0 Å². The maximum atomic E-state index is 10.4. The van der Waals surface area contributed by atoms with E-state index in [1.54, 1.807) is 12.1 Å². The highest BCUT2D eigenvalue weighted by atomic mass is 16.8. The average Bonchev–Trinajstić information content (AvgIpc) is 2.05. The van der Waals surface area contributed by atoms with Gasteiger partial charge in [-0.2, -0.15) is 0 Å². The lowest BCUT2D eigenvalue weighted by atomic mass is 10.3. The van der Waals surface area contributed by atoms with Crippen molar-refractivity contribution in [2.45, 2.75) is 0 Å². The molecule has 1 aromatic rings. The summed E-state index contributed by atoms with van der Waals surface area (Å²) >= 11 is 0. The van der Waals surface area contributed by atoms with Gasteiger partial charge in [-0.1, -0.05) is 6.07 Å². The van der Waals surface area contributed by atoms with Crippen molar-refractivity contribution in [1.29, 1.82) is 0 Å². The van der Waals surface area contributed by atoms with Crippen LogP contribution in [0.25, 0.3) is 0 Å². The zero-order valence-electron chi connectivity index (χ0n) is 6.10. The number of hydrogen-bond donors (Lipinski definition) is 2. The number of carbonyl (C=O) groups is 1.